The van der Waals surface area contributed by atoms with Crippen molar-refractivity contribution in [2.75, 3.05) is 39.3 Å². The molecule has 0 bridgehead atoms. The molecule has 2 unspecified atom stereocenters. The Balaban J connectivity index is 1.64. The number of amides is 2. The molecule has 2 N–H and O–H groups in total. The molecule has 0 aliphatic carbocycles. The Kier molecular flexibility index (Phi) is 6.50. The fraction of sp³-hybridized carbons (Fsp3) is 0.941. The molecule has 2 aliphatic rings. The van der Waals surface area contributed by atoms with Crippen molar-refractivity contribution >= 4 is 6.03 Å². The number of aliphatic hydroxyl groups is 1. The molecule has 5 nitrogen and oxygen atoms in total. The normalized spacial score (nSPS) is 25.7. The van der Waals surface area contributed by atoms with Gasteiger partial charge in [0, 0.05) is 32.7 Å². The molecule has 2 fully saturated rings. The number of rotatable bonds is 5. The van der Waals surface area contributed by atoms with Crippen LogP contribution in [0.1, 0.15) is 40.0 Å². The third-order valence-electron chi connectivity index (χ3n) is 5.04. The SMILES string of the molecule is CC(C)CN1CCC(CNC(=O)N2CCC(C(C)O)CC2)C1. The van der Waals surface area contributed by atoms with Gasteiger partial charge in [0.25, 0.3) is 0 Å². The van der Waals surface area contributed by atoms with Crippen LogP contribution in [0.4, 0.5) is 4.79 Å². The van der Waals surface area contributed by atoms with E-state index in [1.807, 2.05) is 11.8 Å². The highest BCUT2D eigenvalue weighted by atomic mass is 16.3. The molecule has 0 saturated carbocycles. The van der Waals surface area contributed by atoms with Crippen LogP contribution in [0.15, 0.2) is 0 Å². The molecular weight excluding hydrogens is 278 g/mol. The van der Waals surface area contributed by atoms with E-state index in [1.54, 1.807) is 0 Å². The lowest BCUT2D eigenvalue weighted by molar-refractivity contribution is 0.0797. The summed E-state index contributed by atoms with van der Waals surface area (Å²) in [5.41, 5.74) is 0. The van der Waals surface area contributed by atoms with Gasteiger partial charge in [0.1, 0.15) is 0 Å². The number of aliphatic hydroxyl groups excluding tert-OH is 1. The van der Waals surface area contributed by atoms with E-state index in [1.165, 1.54) is 13.0 Å². The number of piperidine rings is 1. The number of nitrogens with zero attached hydrogens (tertiary/aromatic N) is 2. The van der Waals surface area contributed by atoms with Crippen molar-refractivity contribution in [3.63, 3.8) is 0 Å². The topological polar surface area (TPSA) is 55.8 Å². The van der Waals surface area contributed by atoms with Crippen LogP contribution in [0.5, 0.6) is 0 Å². The molecule has 0 aromatic carbocycles. The van der Waals surface area contributed by atoms with Gasteiger partial charge in [-0.2, -0.15) is 0 Å². The minimum absolute atomic E-state index is 0.0753. The van der Waals surface area contributed by atoms with E-state index >= 15 is 0 Å². The zero-order valence-corrected chi connectivity index (χ0v) is 14.4. The van der Waals surface area contributed by atoms with Crippen LogP contribution in [0.3, 0.4) is 0 Å². The molecule has 2 aliphatic heterocycles. The van der Waals surface area contributed by atoms with Gasteiger partial charge in [0.05, 0.1) is 6.10 Å². The van der Waals surface area contributed by atoms with Crippen LogP contribution in [-0.2, 0) is 0 Å². The minimum atomic E-state index is -0.254. The maximum absolute atomic E-state index is 12.2. The highest BCUT2D eigenvalue weighted by Gasteiger charge is 2.27. The molecule has 2 atom stereocenters. The third-order valence-corrected chi connectivity index (χ3v) is 5.04. The van der Waals surface area contributed by atoms with Crippen LogP contribution >= 0.6 is 0 Å². The molecule has 2 rings (SSSR count). The summed E-state index contributed by atoms with van der Waals surface area (Å²) in [6.45, 7) is 12.1. The standard InChI is InChI=1S/C17H33N3O2/c1-13(2)11-19-7-4-15(12-19)10-18-17(22)20-8-5-16(6-9-20)14(3)21/h13-16,21H,4-12H2,1-3H3,(H,18,22). The Bertz CT molecular complexity index is 352. The van der Waals surface area contributed by atoms with Crippen LogP contribution in [0, 0.1) is 17.8 Å². The highest BCUT2D eigenvalue weighted by molar-refractivity contribution is 5.74. The van der Waals surface area contributed by atoms with Crippen LogP contribution < -0.4 is 5.32 Å². The predicted octanol–water partition coefficient (Wildman–Crippen LogP) is 1.77. The van der Waals surface area contributed by atoms with Gasteiger partial charge in [0.2, 0.25) is 0 Å². The van der Waals surface area contributed by atoms with Gasteiger partial charge in [-0.25, -0.2) is 4.79 Å². The van der Waals surface area contributed by atoms with Crippen LogP contribution in [0.25, 0.3) is 0 Å². The van der Waals surface area contributed by atoms with Gasteiger partial charge in [-0.1, -0.05) is 13.8 Å². The summed E-state index contributed by atoms with van der Waals surface area (Å²) >= 11 is 0. The maximum Gasteiger partial charge on any atom is 0.317 e. The smallest absolute Gasteiger partial charge is 0.317 e. The first kappa shape index (κ1) is 17.5. The van der Waals surface area contributed by atoms with Crippen molar-refractivity contribution in [1.82, 2.24) is 15.1 Å². The molecule has 22 heavy (non-hydrogen) atoms. The first-order valence-electron chi connectivity index (χ1n) is 8.89. The Morgan fingerprint density at radius 3 is 2.45 bits per heavy atom. The van der Waals surface area contributed by atoms with Crippen LogP contribution in [-0.4, -0.2) is 66.3 Å². The van der Waals surface area contributed by atoms with Crippen molar-refractivity contribution in [2.45, 2.75) is 46.1 Å². The fourth-order valence-electron chi connectivity index (χ4n) is 3.69. The van der Waals surface area contributed by atoms with E-state index in [0.717, 1.165) is 45.6 Å². The molecule has 128 valence electrons. The molecule has 2 saturated heterocycles. The van der Waals surface area contributed by atoms with Gasteiger partial charge in [-0.05, 0) is 50.5 Å². The Morgan fingerprint density at radius 1 is 1.18 bits per heavy atom. The van der Waals surface area contributed by atoms with Gasteiger partial charge < -0.3 is 20.2 Å². The van der Waals surface area contributed by atoms with E-state index < -0.39 is 0 Å². The molecule has 0 spiro atoms. The summed E-state index contributed by atoms with van der Waals surface area (Å²) in [4.78, 5) is 16.6. The van der Waals surface area contributed by atoms with E-state index in [-0.39, 0.29) is 12.1 Å². The summed E-state index contributed by atoms with van der Waals surface area (Å²) in [7, 11) is 0. The van der Waals surface area contributed by atoms with Crippen molar-refractivity contribution in [1.29, 1.82) is 0 Å². The predicted molar refractivity (Wildman–Crippen MR) is 88.8 cm³/mol. The lowest BCUT2D eigenvalue weighted by Gasteiger charge is -2.33. The molecule has 0 aromatic rings. The monoisotopic (exact) mass is 311 g/mol. The largest absolute Gasteiger partial charge is 0.393 e. The van der Waals surface area contributed by atoms with Gasteiger partial charge >= 0.3 is 6.03 Å². The maximum atomic E-state index is 12.2. The summed E-state index contributed by atoms with van der Waals surface area (Å²) in [6, 6.07) is 0.0753. The average molecular weight is 311 g/mol. The lowest BCUT2D eigenvalue weighted by Crippen LogP contribution is -2.47. The number of carbonyl (C=O) groups excluding carboxylic acids is 1. The molecule has 0 aromatic heterocycles. The van der Waals surface area contributed by atoms with Crippen molar-refractivity contribution in [3.05, 3.63) is 0 Å². The number of carbonyl (C=O) groups is 1. The second kappa shape index (κ2) is 8.16. The first-order valence-corrected chi connectivity index (χ1v) is 8.89. The van der Waals surface area contributed by atoms with E-state index in [4.69, 9.17) is 0 Å². The van der Waals surface area contributed by atoms with Crippen molar-refractivity contribution in [3.8, 4) is 0 Å². The number of hydrogen-bond acceptors (Lipinski definition) is 3. The van der Waals surface area contributed by atoms with Gasteiger partial charge in [0.15, 0.2) is 0 Å². The van der Waals surface area contributed by atoms with Gasteiger partial charge in [-0.15, -0.1) is 0 Å². The van der Waals surface area contributed by atoms with Crippen molar-refractivity contribution in [2.24, 2.45) is 17.8 Å². The summed E-state index contributed by atoms with van der Waals surface area (Å²) < 4.78 is 0. The number of hydrogen-bond donors (Lipinski definition) is 2. The molecule has 2 heterocycles. The number of likely N-dealkylation sites (tertiary alicyclic amines) is 2. The number of urea groups is 1. The Hall–Kier alpha value is -0.810. The lowest BCUT2D eigenvalue weighted by atomic mass is 9.92. The Labute approximate surface area is 135 Å². The van der Waals surface area contributed by atoms with Crippen molar-refractivity contribution < 1.29 is 9.90 Å². The summed E-state index contributed by atoms with van der Waals surface area (Å²) in [6.07, 6.45) is 2.76. The minimum Gasteiger partial charge on any atom is -0.393 e. The zero-order valence-electron chi connectivity index (χ0n) is 14.4. The van der Waals surface area contributed by atoms with E-state index in [2.05, 4.69) is 24.1 Å². The zero-order chi connectivity index (χ0) is 16.1. The second-order valence-electron chi connectivity index (χ2n) is 7.56. The first-order chi connectivity index (χ1) is 10.5. The third kappa shape index (κ3) is 5.13. The molecule has 5 heteroatoms. The van der Waals surface area contributed by atoms with Crippen LogP contribution in [0.2, 0.25) is 0 Å². The second-order valence-corrected chi connectivity index (χ2v) is 7.56. The average Bonchev–Trinajstić information content (AvgIpc) is 2.91. The Morgan fingerprint density at radius 2 is 1.86 bits per heavy atom. The highest BCUT2D eigenvalue weighted by Crippen LogP contribution is 2.21. The summed E-state index contributed by atoms with van der Waals surface area (Å²) in [5.74, 6) is 1.66. The van der Waals surface area contributed by atoms with E-state index in [0.29, 0.717) is 17.8 Å². The molecule has 0 radical (unpaired) electrons. The van der Waals surface area contributed by atoms with E-state index in [9.17, 15) is 9.90 Å². The fourth-order valence-corrected chi connectivity index (χ4v) is 3.69. The number of nitrogens with one attached hydrogen (secondary N) is 1. The molecule has 2 amide bonds. The van der Waals surface area contributed by atoms with Gasteiger partial charge in [-0.3, -0.25) is 0 Å². The summed E-state index contributed by atoms with van der Waals surface area (Å²) in [5, 5.41) is 12.7. The quantitative estimate of drug-likeness (QED) is 0.813. The molecular formula is C17H33N3O2.